The molecule has 0 fully saturated rings. The smallest absolute Gasteiger partial charge is 0.164 e. The van der Waals surface area contributed by atoms with E-state index in [0.717, 1.165) is 38.9 Å². The maximum Gasteiger partial charge on any atom is 0.164 e. The summed E-state index contributed by atoms with van der Waals surface area (Å²) in [7, 11) is 0. The van der Waals surface area contributed by atoms with Crippen LogP contribution in [-0.2, 0) is 5.41 Å². The largest absolute Gasteiger partial charge is 0.208 e. The molecular weight excluding hydrogens is 546 g/mol. The highest BCUT2D eigenvalue weighted by molar-refractivity contribution is 5.92. The van der Waals surface area contributed by atoms with Gasteiger partial charge in [-0.25, -0.2) is 15.0 Å². The number of rotatable bonds is 5. The molecule has 3 nitrogen and oxygen atoms in total. The first-order valence-electron chi connectivity index (χ1n) is 15.4. The lowest BCUT2D eigenvalue weighted by Gasteiger charge is -2.21. The highest BCUT2D eigenvalue weighted by Crippen LogP contribution is 2.51. The van der Waals surface area contributed by atoms with Crippen LogP contribution in [0.15, 0.2) is 152 Å². The number of fused-ring (bicyclic) bond motifs is 3. The Morgan fingerprint density at radius 3 is 1.24 bits per heavy atom. The Kier molecular flexibility index (Phi) is 6.46. The van der Waals surface area contributed by atoms with Gasteiger partial charge in [0.1, 0.15) is 0 Å². The quantitative estimate of drug-likeness (QED) is 0.204. The van der Waals surface area contributed by atoms with E-state index >= 15 is 0 Å². The first-order chi connectivity index (χ1) is 22.1. The van der Waals surface area contributed by atoms with Gasteiger partial charge in [-0.2, -0.15) is 0 Å². The normalized spacial score (nSPS) is 12.8. The zero-order valence-electron chi connectivity index (χ0n) is 25.3. The van der Waals surface area contributed by atoms with Gasteiger partial charge in [0.15, 0.2) is 17.5 Å². The maximum absolute atomic E-state index is 5.26. The van der Waals surface area contributed by atoms with Crippen LogP contribution in [0.3, 0.4) is 0 Å². The molecule has 45 heavy (non-hydrogen) atoms. The average Bonchev–Trinajstić information content (AvgIpc) is 3.35. The molecule has 6 aromatic carbocycles. The summed E-state index contributed by atoms with van der Waals surface area (Å²) in [5.74, 6) is 1.98. The Balaban J connectivity index is 1.42. The molecule has 1 heterocycles. The van der Waals surface area contributed by atoms with Crippen LogP contribution < -0.4 is 0 Å². The van der Waals surface area contributed by atoms with Crippen LogP contribution in [-0.4, -0.2) is 15.0 Å². The van der Waals surface area contributed by atoms with Crippen LogP contribution >= 0.6 is 0 Å². The summed E-state index contributed by atoms with van der Waals surface area (Å²) in [6.45, 7) is 4.61. The van der Waals surface area contributed by atoms with E-state index in [-0.39, 0.29) is 5.41 Å². The molecule has 0 atom stereocenters. The second kappa shape index (κ2) is 10.8. The summed E-state index contributed by atoms with van der Waals surface area (Å²) in [6, 6.07) is 52.9. The van der Waals surface area contributed by atoms with Crippen molar-refractivity contribution in [3.8, 4) is 67.5 Å². The fourth-order valence-corrected chi connectivity index (χ4v) is 6.77. The summed E-state index contributed by atoms with van der Waals surface area (Å²) in [6.07, 6.45) is 0. The van der Waals surface area contributed by atoms with Gasteiger partial charge in [-0.1, -0.05) is 166 Å². The molecule has 1 aromatic heterocycles. The predicted molar refractivity (Wildman–Crippen MR) is 185 cm³/mol. The summed E-state index contributed by atoms with van der Waals surface area (Å²) in [5.41, 5.74) is 12.3. The molecule has 7 aromatic rings. The predicted octanol–water partition coefficient (Wildman–Crippen LogP) is 10.5. The van der Waals surface area contributed by atoms with E-state index in [1.54, 1.807) is 0 Å². The minimum Gasteiger partial charge on any atom is -0.208 e. The van der Waals surface area contributed by atoms with Gasteiger partial charge in [0.2, 0.25) is 0 Å². The molecule has 0 saturated heterocycles. The van der Waals surface area contributed by atoms with Gasteiger partial charge in [0, 0.05) is 22.1 Å². The Hall–Kier alpha value is -5.67. The fourth-order valence-electron chi connectivity index (χ4n) is 6.77. The zero-order valence-corrected chi connectivity index (χ0v) is 25.3. The Morgan fingerprint density at radius 2 is 0.711 bits per heavy atom. The number of nitrogens with zero attached hydrogens (tertiary/aromatic N) is 3. The lowest BCUT2D eigenvalue weighted by atomic mass is 9.82. The third kappa shape index (κ3) is 4.56. The zero-order chi connectivity index (χ0) is 30.4. The van der Waals surface area contributed by atoms with Crippen LogP contribution in [0, 0.1) is 0 Å². The first-order valence-corrected chi connectivity index (χ1v) is 15.4. The fraction of sp³-hybridized carbons (Fsp3) is 0.0714. The Bertz CT molecular complexity index is 2080. The van der Waals surface area contributed by atoms with E-state index < -0.39 is 0 Å². The summed E-state index contributed by atoms with van der Waals surface area (Å²) >= 11 is 0. The van der Waals surface area contributed by atoms with Crippen molar-refractivity contribution < 1.29 is 0 Å². The Morgan fingerprint density at radius 1 is 0.333 bits per heavy atom. The van der Waals surface area contributed by atoms with Crippen LogP contribution in [0.4, 0.5) is 0 Å². The second-order valence-electron chi connectivity index (χ2n) is 12.0. The number of benzene rings is 6. The molecule has 0 N–H and O–H groups in total. The lowest BCUT2D eigenvalue weighted by Crippen LogP contribution is -2.14. The summed E-state index contributed by atoms with van der Waals surface area (Å²) in [4.78, 5) is 15.7. The second-order valence-corrected chi connectivity index (χ2v) is 12.0. The molecule has 0 amide bonds. The highest BCUT2D eigenvalue weighted by Gasteiger charge is 2.37. The number of hydrogen-bond donors (Lipinski definition) is 0. The van der Waals surface area contributed by atoms with Gasteiger partial charge in [0.25, 0.3) is 0 Å². The molecule has 8 rings (SSSR count). The van der Waals surface area contributed by atoms with Crippen molar-refractivity contribution in [2.45, 2.75) is 19.3 Å². The van der Waals surface area contributed by atoms with Crippen molar-refractivity contribution in [3.63, 3.8) is 0 Å². The molecule has 0 radical (unpaired) electrons. The van der Waals surface area contributed by atoms with Crippen molar-refractivity contribution >= 4 is 0 Å². The van der Waals surface area contributed by atoms with E-state index in [9.17, 15) is 0 Å². The summed E-state index contributed by atoms with van der Waals surface area (Å²) < 4.78 is 0. The molecule has 0 unspecified atom stereocenters. The molecule has 1 aliphatic carbocycles. The standard InChI is InChI=1S/C42H31N3/c1-42(2)36-26-14-13-24-34(36)38-35(25-15-27-37(38)42)41-44-39(32-22-11-9-20-30(32)28-16-5-3-6-17-28)43-40(45-41)33-23-12-10-21-31(33)29-18-7-4-8-19-29/h3-27H,1-2H3. The summed E-state index contributed by atoms with van der Waals surface area (Å²) in [5, 5.41) is 0. The molecule has 1 aliphatic rings. The van der Waals surface area contributed by atoms with E-state index in [2.05, 4.69) is 153 Å². The molecule has 0 saturated carbocycles. The van der Waals surface area contributed by atoms with Crippen LogP contribution in [0.5, 0.6) is 0 Å². The first kappa shape index (κ1) is 26.9. The number of aromatic nitrogens is 3. The van der Waals surface area contributed by atoms with Crippen molar-refractivity contribution in [1.29, 1.82) is 0 Å². The van der Waals surface area contributed by atoms with Crippen LogP contribution in [0.1, 0.15) is 25.0 Å². The van der Waals surface area contributed by atoms with E-state index in [1.807, 2.05) is 12.1 Å². The average molecular weight is 578 g/mol. The molecule has 214 valence electrons. The van der Waals surface area contributed by atoms with Crippen LogP contribution in [0.2, 0.25) is 0 Å². The molecule has 0 spiro atoms. The van der Waals surface area contributed by atoms with Gasteiger partial charge >= 0.3 is 0 Å². The third-order valence-corrected chi connectivity index (χ3v) is 8.99. The van der Waals surface area contributed by atoms with Gasteiger partial charge < -0.3 is 0 Å². The third-order valence-electron chi connectivity index (χ3n) is 8.99. The van der Waals surface area contributed by atoms with Crippen molar-refractivity contribution in [2.24, 2.45) is 0 Å². The van der Waals surface area contributed by atoms with Crippen molar-refractivity contribution in [1.82, 2.24) is 15.0 Å². The van der Waals surface area contributed by atoms with Crippen molar-refractivity contribution in [3.05, 3.63) is 163 Å². The molecular formula is C42H31N3. The van der Waals surface area contributed by atoms with Gasteiger partial charge in [0.05, 0.1) is 0 Å². The number of hydrogen-bond acceptors (Lipinski definition) is 3. The lowest BCUT2D eigenvalue weighted by molar-refractivity contribution is 0.660. The Labute approximate surface area is 264 Å². The van der Waals surface area contributed by atoms with Gasteiger partial charge in [-0.05, 0) is 44.5 Å². The molecule has 0 bridgehead atoms. The maximum atomic E-state index is 5.26. The van der Waals surface area contributed by atoms with E-state index in [1.165, 1.54) is 22.3 Å². The van der Waals surface area contributed by atoms with Crippen molar-refractivity contribution in [2.75, 3.05) is 0 Å². The van der Waals surface area contributed by atoms with E-state index in [0.29, 0.717) is 17.5 Å². The van der Waals surface area contributed by atoms with Gasteiger partial charge in [-0.3, -0.25) is 0 Å². The molecule has 0 aliphatic heterocycles. The van der Waals surface area contributed by atoms with E-state index in [4.69, 9.17) is 15.0 Å². The minimum atomic E-state index is -0.125. The van der Waals surface area contributed by atoms with Crippen LogP contribution in [0.25, 0.3) is 67.5 Å². The topological polar surface area (TPSA) is 38.7 Å². The SMILES string of the molecule is CC1(C)c2ccccc2-c2c(-c3nc(-c4ccccc4-c4ccccc4)nc(-c4ccccc4-c4ccccc4)n3)cccc21. The molecule has 3 heteroatoms. The highest BCUT2D eigenvalue weighted by atomic mass is 15.0. The van der Waals surface area contributed by atoms with Gasteiger partial charge in [-0.15, -0.1) is 0 Å². The minimum absolute atomic E-state index is 0.125. The monoisotopic (exact) mass is 577 g/mol.